The number of rotatable bonds is 4. The lowest BCUT2D eigenvalue weighted by Gasteiger charge is -2.07. The fourth-order valence-electron chi connectivity index (χ4n) is 2.41. The molecule has 3 rings (SSSR count). The molecule has 0 aliphatic carbocycles. The number of nitrogen functional groups attached to an aromatic ring is 1. The summed E-state index contributed by atoms with van der Waals surface area (Å²) in [6, 6.07) is 24.8. The van der Waals surface area contributed by atoms with Crippen molar-refractivity contribution in [3.63, 3.8) is 0 Å². The highest BCUT2D eigenvalue weighted by Gasteiger charge is 2.00. The molecule has 0 unspecified atom stereocenters. The maximum Gasteiger partial charge on any atom is 0.0379 e. The molecule has 3 N–H and O–H groups in total. The Morgan fingerprint density at radius 3 is 1.41 bits per heavy atom. The van der Waals surface area contributed by atoms with E-state index in [1.165, 1.54) is 22.3 Å². The van der Waals surface area contributed by atoms with Gasteiger partial charge in [-0.15, -0.1) is 0 Å². The molecular weight excluding hydrogens is 268 g/mol. The second kappa shape index (κ2) is 6.19. The van der Waals surface area contributed by atoms with Crippen molar-refractivity contribution in [3.05, 3.63) is 85.6 Å². The largest absolute Gasteiger partial charge is 0.399 e. The van der Waals surface area contributed by atoms with Crippen molar-refractivity contribution in [1.29, 1.82) is 0 Å². The molecule has 3 aromatic rings. The van der Waals surface area contributed by atoms with Crippen LogP contribution >= 0.6 is 0 Å². The molecule has 0 fully saturated rings. The average molecular weight is 286 g/mol. The van der Waals surface area contributed by atoms with Crippen molar-refractivity contribution in [1.82, 2.24) is 0 Å². The first kappa shape index (κ1) is 14.0. The Hall–Kier alpha value is -3.00. The minimum Gasteiger partial charge on any atom is -0.399 e. The van der Waals surface area contributed by atoms with Crippen LogP contribution in [-0.2, 0) is 0 Å². The fraction of sp³-hybridized carbons (Fsp3) is 0. The van der Waals surface area contributed by atoms with Gasteiger partial charge in [0.05, 0.1) is 0 Å². The van der Waals surface area contributed by atoms with E-state index >= 15 is 0 Å². The Kier molecular flexibility index (Phi) is 3.92. The lowest BCUT2D eigenvalue weighted by Crippen LogP contribution is -1.86. The van der Waals surface area contributed by atoms with Crippen LogP contribution in [0.15, 0.2) is 85.6 Å². The molecule has 108 valence electrons. The molecule has 0 aliphatic heterocycles. The summed E-state index contributed by atoms with van der Waals surface area (Å²) in [5, 5.41) is 3.08. The predicted molar refractivity (Wildman–Crippen MR) is 95.5 cm³/mol. The van der Waals surface area contributed by atoms with Crippen molar-refractivity contribution < 1.29 is 0 Å². The highest BCUT2D eigenvalue weighted by Crippen LogP contribution is 2.26. The molecule has 0 atom stereocenters. The van der Waals surface area contributed by atoms with E-state index in [0.29, 0.717) is 0 Å². The quantitative estimate of drug-likeness (QED) is 0.650. The van der Waals surface area contributed by atoms with Gasteiger partial charge in [0.1, 0.15) is 0 Å². The van der Waals surface area contributed by atoms with Gasteiger partial charge in [0.15, 0.2) is 0 Å². The molecule has 2 heteroatoms. The van der Waals surface area contributed by atoms with Gasteiger partial charge in [-0.1, -0.05) is 55.1 Å². The number of nitrogens with one attached hydrogen (secondary N) is 1. The first-order valence-corrected chi connectivity index (χ1v) is 7.20. The smallest absolute Gasteiger partial charge is 0.0379 e. The SMILES string of the molecule is C=CNc1ccc(-c2ccc(-c3ccc(N)cc3)cc2)cc1. The number of nitrogens with two attached hydrogens (primary N) is 1. The Morgan fingerprint density at radius 1 is 0.636 bits per heavy atom. The van der Waals surface area contributed by atoms with Gasteiger partial charge in [0, 0.05) is 11.4 Å². The third-order valence-electron chi connectivity index (χ3n) is 3.62. The summed E-state index contributed by atoms with van der Waals surface area (Å²) >= 11 is 0. The van der Waals surface area contributed by atoms with Gasteiger partial charge in [-0.2, -0.15) is 0 Å². The van der Waals surface area contributed by atoms with Gasteiger partial charge in [-0.25, -0.2) is 0 Å². The molecule has 0 saturated carbocycles. The number of anilines is 2. The monoisotopic (exact) mass is 286 g/mol. The minimum atomic E-state index is 0.786. The zero-order valence-corrected chi connectivity index (χ0v) is 12.3. The van der Waals surface area contributed by atoms with E-state index in [0.717, 1.165) is 11.4 Å². The molecule has 0 aliphatic rings. The van der Waals surface area contributed by atoms with Crippen LogP contribution in [0.3, 0.4) is 0 Å². The normalized spacial score (nSPS) is 10.2. The van der Waals surface area contributed by atoms with Gasteiger partial charge in [0.25, 0.3) is 0 Å². The summed E-state index contributed by atoms with van der Waals surface area (Å²) in [4.78, 5) is 0. The number of benzene rings is 3. The predicted octanol–water partition coefficient (Wildman–Crippen LogP) is 5.16. The van der Waals surface area contributed by atoms with E-state index in [2.05, 4.69) is 48.3 Å². The Bertz CT molecular complexity index is 754. The summed E-state index contributed by atoms with van der Waals surface area (Å²) in [6.45, 7) is 3.66. The third kappa shape index (κ3) is 3.01. The molecule has 0 amide bonds. The molecule has 0 bridgehead atoms. The summed E-state index contributed by atoms with van der Waals surface area (Å²) in [5.74, 6) is 0. The first-order chi connectivity index (χ1) is 10.8. The van der Waals surface area contributed by atoms with Gasteiger partial charge in [-0.05, 0) is 52.7 Å². The third-order valence-corrected chi connectivity index (χ3v) is 3.62. The number of hydrogen-bond donors (Lipinski definition) is 2. The lowest BCUT2D eigenvalue weighted by molar-refractivity contribution is 1.56. The van der Waals surface area contributed by atoms with Crippen LogP contribution in [0.2, 0.25) is 0 Å². The molecule has 0 spiro atoms. The Labute approximate surface area is 130 Å². The van der Waals surface area contributed by atoms with Crippen LogP contribution in [0.4, 0.5) is 11.4 Å². The van der Waals surface area contributed by atoms with Crippen molar-refractivity contribution in [2.24, 2.45) is 0 Å². The molecule has 0 aromatic heterocycles. The Balaban J connectivity index is 1.84. The van der Waals surface area contributed by atoms with E-state index in [9.17, 15) is 0 Å². The van der Waals surface area contributed by atoms with Crippen molar-refractivity contribution in [2.75, 3.05) is 11.1 Å². The molecular formula is C20H18N2. The van der Waals surface area contributed by atoms with E-state index in [1.54, 1.807) is 6.20 Å². The summed E-state index contributed by atoms with van der Waals surface area (Å²) in [5.41, 5.74) is 12.3. The average Bonchev–Trinajstić information content (AvgIpc) is 2.57. The second-order valence-electron chi connectivity index (χ2n) is 5.13. The highest BCUT2D eigenvalue weighted by atomic mass is 14.8. The maximum atomic E-state index is 5.73. The Morgan fingerprint density at radius 2 is 1.00 bits per heavy atom. The number of hydrogen-bond acceptors (Lipinski definition) is 2. The molecule has 0 radical (unpaired) electrons. The van der Waals surface area contributed by atoms with E-state index < -0.39 is 0 Å². The summed E-state index contributed by atoms with van der Waals surface area (Å²) in [7, 11) is 0. The van der Waals surface area contributed by atoms with Gasteiger partial charge in [-0.3, -0.25) is 0 Å². The van der Waals surface area contributed by atoms with Crippen LogP contribution < -0.4 is 11.1 Å². The lowest BCUT2D eigenvalue weighted by atomic mass is 10.00. The molecule has 0 saturated heterocycles. The van der Waals surface area contributed by atoms with Gasteiger partial charge >= 0.3 is 0 Å². The molecule has 3 aromatic carbocycles. The van der Waals surface area contributed by atoms with Crippen molar-refractivity contribution in [3.8, 4) is 22.3 Å². The molecule has 22 heavy (non-hydrogen) atoms. The van der Waals surface area contributed by atoms with Crippen LogP contribution in [0.1, 0.15) is 0 Å². The van der Waals surface area contributed by atoms with Crippen LogP contribution in [-0.4, -0.2) is 0 Å². The zero-order valence-electron chi connectivity index (χ0n) is 12.3. The first-order valence-electron chi connectivity index (χ1n) is 7.20. The van der Waals surface area contributed by atoms with E-state index in [1.807, 2.05) is 36.4 Å². The van der Waals surface area contributed by atoms with Crippen molar-refractivity contribution in [2.45, 2.75) is 0 Å². The highest BCUT2D eigenvalue weighted by molar-refractivity contribution is 5.72. The fourth-order valence-corrected chi connectivity index (χ4v) is 2.41. The van der Waals surface area contributed by atoms with Gasteiger partial charge in [0.2, 0.25) is 0 Å². The summed E-state index contributed by atoms with van der Waals surface area (Å²) in [6.07, 6.45) is 1.68. The van der Waals surface area contributed by atoms with Crippen molar-refractivity contribution >= 4 is 11.4 Å². The van der Waals surface area contributed by atoms with Crippen LogP contribution in [0.25, 0.3) is 22.3 Å². The van der Waals surface area contributed by atoms with E-state index in [-0.39, 0.29) is 0 Å². The van der Waals surface area contributed by atoms with Gasteiger partial charge < -0.3 is 11.1 Å². The molecule has 0 heterocycles. The summed E-state index contributed by atoms with van der Waals surface area (Å²) < 4.78 is 0. The van der Waals surface area contributed by atoms with Crippen LogP contribution in [0, 0.1) is 0 Å². The standard InChI is InChI=1S/C20H18N2/c1-2-22-20-13-9-18(10-14-20)16-5-3-15(4-6-16)17-7-11-19(21)12-8-17/h2-14,22H,1,21H2. The minimum absolute atomic E-state index is 0.786. The zero-order chi connectivity index (χ0) is 15.4. The second-order valence-corrected chi connectivity index (χ2v) is 5.13. The maximum absolute atomic E-state index is 5.73. The van der Waals surface area contributed by atoms with E-state index in [4.69, 9.17) is 5.73 Å². The topological polar surface area (TPSA) is 38.0 Å². The van der Waals surface area contributed by atoms with Crippen LogP contribution in [0.5, 0.6) is 0 Å². The molecule has 2 nitrogen and oxygen atoms in total.